The van der Waals surface area contributed by atoms with Crippen LogP contribution in [0.4, 0.5) is 13.2 Å². The number of ether oxygens (including phenoxy) is 1. The van der Waals surface area contributed by atoms with Crippen LogP contribution in [0.2, 0.25) is 0 Å². The Morgan fingerprint density at radius 3 is 2.24 bits per heavy atom. The van der Waals surface area contributed by atoms with E-state index in [0.29, 0.717) is 17.9 Å². The Morgan fingerprint density at radius 2 is 1.56 bits per heavy atom. The molecule has 0 bridgehead atoms. The molecule has 1 unspecified atom stereocenters. The quantitative estimate of drug-likeness (QED) is 0.156. The zero-order chi connectivity index (χ0) is 29.2. The van der Waals surface area contributed by atoms with Gasteiger partial charge in [0.05, 0.1) is 12.7 Å². The average Bonchev–Trinajstić information content (AvgIpc) is 3.00. The van der Waals surface area contributed by atoms with Gasteiger partial charge < -0.3 is 9.84 Å². The third-order valence-corrected chi connectivity index (χ3v) is 8.50. The van der Waals surface area contributed by atoms with Crippen molar-refractivity contribution in [1.82, 2.24) is 0 Å². The molecule has 4 rings (SSSR count). The summed E-state index contributed by atoms with van der Waals surface area (Å²) in [6.07, 6.45) is 12.1. The van der Waals surface area contributed by atoms with Crippen molar-refractivity contribution < 1.29 is 23.0 Å². The van der Waals surface area contributed by atoms with Gasteiger partial charge in [-0.2, -0.15) is 4.39 Å². The molecule has 0 heterocycles. The number of rotatable bonds is 14. The molecule has 0 saturated heterocycles. The first kappa shape index (κ1) is 30.9. The largest absolute Gasteiger partial charge is 0.490 e. The van der Waals surface area contributed by atoms with Crippen molar-refractivity contribution in [3.8, 4) is 28.0 Å². The van der Waals surface area contributed by atoms with Crippen LogP contribution in [-0.2, 0) is 0 Å². The highest BCUT2D eigenvalue weighted by Gasteiger charge is 2.28. The maximum absolute atomic E-state index is 15.3. The molecule has 0 amide bonds. The lowest BCUT2D eigenvalue weighted by Crippen LogP contribution is -2.25. The van der Waals surface area contributed by atoms with Gasteiger partial charge in [-0.1, -0.05) is 75.1 Å². The highest BCUT2D eigenvalue weighted by molar-refractivity contribution is 5.71. The summed E-state index contributed by atoms with van der Waals surface area (Å²) in [6, 6.07) is 15.4. The van der Waals surface area contributed by atoms with E-state index in [1.807, 2.05) is 12.1 Å². The van der Waals surface area contributed by atoms with Gasteiger partial charge >= 0.3 is 0 Å². The Bertz CT molecular complexity index is 1260. The monoisotopic (exact) mass is 564 g/mol. The Morgan fingerprint density at radius 1 is 0.854 bits per heavy atom. The Labute approximate surface area is 243 Å². The lowest BCUT2D eigenvalue weighted by Gasteiger charge is -2.32. The molecule has 0 aliphatic heterocycles. The van der Waals surface area contributed by atoms with E-state index in [0.717, 1.165) is 61.6 Å². The van der Waals surface area contributed by atoms with Gasteiger partial charge in [-0.15, -0.1) is 6.58 Å². The molecule has 41 heavy (non-hydrogen) atoms. The van der Waals surface area contributed by atoms with E-state index < -0.39 is 11.6 Å². The Hall–Kier alpha value is -3.05. The number of aliphatic hydroxyl groups excluding tert-OH is 1. The molecule has 220 valence electrons. The van der Waals surface area contributed by atoms with E-state index in [-0.39, 0.29) is 35.8 Å². The highest BCUT2D eigenvalue weighted by Crippen LogP contribution is 2.40. The maximum Gasteiger partial charge on any atom is 0.201 e. The first-order valence-electron chi connectivity index (χ1n) is 15.2. The van der Waals surface area contributed by atoms with E-state index in [1.165, 1.54) is 31.4 Å². The number of unbranched alkanes of at least 4 members (excludes halogenated alkanes) is 4. The van der Waals surface area contributed by atoms with E-state index >= 15 is 4.39 Å². The van der Waals surface area contributed by atoms with Crippen LogP contribution in [0.1, 0.15) is 89.0 Å². The smallest absolute Gasteiger partial charge is 0.201 e. The Kier molecular flexibility index (Phi) is 11.5. The molecule has 2 nitrogen and oxygen atoms in total. The second kappa shape index (κ2) is 15.3. The molecule has 5 heteroatoms. The van der Waals surface area contributed by atoms with Crippen LogP contribution in [0.3, 0.4) is 0 Å². The normalized spacial score (nSPS) is 17.8. The SMILES string of the molecule is C=CCCCOc1ccc(-c2ccc(-c3ccc(C4CCC(C(O)CCCCCC)CC4)c(F)c3)cc2)c(F)c1F. The van der Waals surface area contributed by atoms with Crippen molar-refractivity contribution in [2.75, 3.05) is 6.61 Å². The molecule has 1 N–H and O–H groups in total. The number of halogens is 3. The van der Waals surface area contributed by atoms with Crippen molar-refractivity contribution in [2.45, 2.75) is 89.6 Å². The third kappa shape index (κ3) is 8.03. The number of benzene rings is 3. The van der Waals surface area contributed by atoms with Crippen LogP contribution in [0.15, 0.2) is 67.3 Å². The zero-order valence-corrected chi connectivity index (χ0v) is 24.2. The molecule has 0 radical (unpaired) electrons. The molecule has 1 fully saturated rings. The predicted molar refractivity (Wildman–Crippen MR) is 162 cm³/mol. The fourth-order valence-electron chi connectivity index (χ4n) is 5.99. The van der Waals surface area contributed by atoms with E-state index in [1.54, 1.807) is 36.4 Å². The highest BCUT2D eigenvalue weighted by atomic mass is 19.2. The van der Waals surface area contributed by atoms with Crippen LogP contribution in [-0.4, -0.2) is 17.8 Å². The summed E-state index contributed by atoms with van der Waals surface area (Å²) in [5, 5.41) is 10.6. The fourth-order valence-corrected chi connectivity index (χ4v) is 5.99. The second-order valence-corrected chi connectivity index (χ2v) is 11.4. The van der Waals surface area contributed by atoms with Gasteiger partial charge in [-0.3, -0.25) is 0 Å². The number of aliphatic hydroxyl groups is 1. The van der Waals surface area contributed by atoms with Crippen molar-refractivity contribution in [1.29, 1.82) is 0 Å². The molecule has 0 aromatic heterocycles. The van der Waals surface area contributed by atoms with Gasteiger partial charge in [0, 0.05) is 5.56 Å². The summed E-state index contributed by atoms with van der Waals surface area (Å²) in [7, 11) is 0. The Balaban J connectivity index is 1.37. The molecular weight excluding hydrogens is 521 g/mol. The molecule has 3 aromatic rings. The summed E-state index contributed by atoms with van der Waals surface area (Å²) in [5.41, 5.74) is 2.96. The minimum Gasteiger partial charge on any atom is -0.490 e. The van der Waals surface area contributed by atoms with E-state index in [4.69, 9.17) is 4.74 Å². The number of hydrogen-bond donors (Lipinski definition) is 1. The van der Waals surface area contributed by atoms with Crippen molar-refractivity contribution >= 4 is 0 Å². The second-order valence-electron chi connectivity index (χ2n) is 11.4. The summed E-state index contributed by atoms with van der Waals surface area (Å²) in [6.45, 7) is 6.11. The molecule has 1 aliphatic rings. The van der Waals surface area contributed by atoms with Gasteiger partial charge in [0.1, 0.15) is 5.82 Å². The lowest BCUT2D eigenvalue weighted by molar-refractivity contribution is 0.0710. The number of hydrogen-bond acceptors (Lipinski definition) is 2. The van der Waals surface area contributed by atoms with Crippen LogP contribution in [0.25, 0.3) is 22.3 Å². The predicted octanol–water partition coefficient (Wildman–Crippen LogP) is 10.4. The number of allylic oxidation sites excluding steroid dienone is 1. The zero-order valence-electron chi connectivity index (χ0n) is 24.2. The maximum atomic E-state index is 15.3. The van der Waals surface area contributed by atoms with Crippen LogP contribution in [0.5, 0.6) is 5.75 Å². The van der Waals surface area contributed by atoms with Crippen LogP contribution >= 0.6 is 0 Å². The average molecular weight is 565 g/mol. The summed E-state index contributed by atoms with van der Waals surface area (Å²) < 4.78 is 50.1. The van der Waals surface area contributed by atoms with Gasteiger partial charge in [0.25, 0.3) is 0 Å². The molecule has 1 atom stereocenters. The third-order valence-electron chi connectivity index (χ3n) is 8.50. The van der Waals surface area contributed by atoms with Crippen molar-refractivity contribution in [2.24, 2.45) is 5.92 Å². The van der Waals surface area contributed by atoms with Crippen molar-refractivity contribution in [3.05, 3.63) is 90.3 Å². The van der Waals surface area contributed by atoms with Crippen molar-refractivity contribution in [3.63, 3.8) is 0 Å². The van der Waals surface area contributed by atoms with E-state index in [2.05, 4.69) is 13.5 Å². The van der Waals surface area contributed by atoms with Gasteiger partial charge in [-0.05, 0) is 97.2 Å². The van der Waals surface area contributed by atoms with Crippen LogP contribution in [0, 0.1) is 23.4 Å². The molecule has 1 saturated carbocycles. The van der Waals surface area contributed by atoms with Gasteiger partial charge in [0.2, 0.25) is 5.82 Å². The molecule has 0 spiro atoms. The lowest BCUT2D eigenvalue weighted by atomic mass is 9.75. The fraction of sp³-hybridized carbons (Fsp3) is 0.444. The van der Waals surface area contributed by atoms with Gasteiger partial charge in [0.15, 0.2) is 11.6 Å². The topological polar surface area (TPSA) is 29.5 Å². The molecular formula is C36H43F3O2. The molecule has 1 aliphatic carbocycles. The van der Waals surface area contributed by atoms with Gasteiger partial charge in [-0.25, -0.2) is 8.78 Å². The first-order valence-corrected chi connectivity index (χ1v) is 15.2. The standard InChI is InChI=1S/C36H43F3O2/c1-3-5-7-8-10-33(40)28-17-15-26(16-18-28)30-20-19-29(24-32(30)37)25-11-13-27(14-12-25)31-21-22-34(36(39)35(31)38)41-23-9-6-4-2/h4,11-14,19-22,24,26,28,33,40H,2-3,5-10,15-18,23H2,1H3. The minimum absolute atomic E-state index is 0.102. The minimum atomic E-state index is -1.00. The first-order chi connectivity index (χ1) is 19.9. The summed E-state index contributed by atoms with van der Waals surface area (Å²) in [4.78, 5) is 0. The summed E-state index contributed by atoms with van der Waals surface area (Å²) in [5.74, 6) is -1.78. The van der Waals surface area contributed by atoms with E-state index in [9.17, 15) is 13.9 Å². The summed E-state index contributed by atoms with van der Waals surface area (Å²) >= 11 is 0. The molecule has 3 aromatic carbocycles. The van der Waals surface area contributed by atoms with Crippen LogP contribution < -0.4 is 4.74 Å².